The first-order valence-electron chi connectivity index (χ1n) is 5.84. The molecule has 88 valence electrons. The van der Waals surface area contributed by atoms with Crippen molar-refractivity contribution in [1.29, 1.82) is 0 Å². The second kappa shape index (κ2) is 5.71. The average molecular weight is 237 g/mol. The van der Waals surface area contributed by atoms with Crippen LogP contribution in [0.2, 0.25) is 0 Å². The Morgan fingerprint density at radius 3 is 3.06 bits per heavy atom. The van der Waals surface area contributed by atoms with Crippen LogP contribution < -0.4 is 5.73 Å². The molecule has 2 rings (SSSR count). The summed E-state index contributed by atoms with van der Waals surface area (Å²) in [7, 11) is 0. The SMILES string of the molecule is Cc1cccc(CN)c1SCC1CCCO1. The van der Waals surface area contributed by atoms with Gasteiger partial charge in [-0.15, -0.1) is 11.8 Å². The van der Waals surface area contributed by atoms with Gasteiger partial charge >= 0.3 is 0 Å². The topological polar surface area (TPSA) is 35.2 Å². The van der Waals surface area contributed by atoms with Gasteiger partial charge in [-0.3, -0.25) is 0 Å². The molecule has 0 radical (unpaired) electrons. The second-order valence-corrected chi connectivity index (χ2v) is 5.24. The fourth-order valence-corrected chi connectivity index (χ4v) is 3.28. The third-order valence-electron chi connectivity index (χ3n) is 2.95. The second-order valence-electron chi connectivity index (χ2n) is 4.21. The number of ether oxygens (including phenoxy) is 1. The van der Waals surface area contributed by atoms with Crippen LogP contribution in [0, 0.1) is 6.92 Å². The molecule has 1 aromatic carbocycles. The van der Waals surface area contributed by atoms with Crippen LogP contribution in [0.1, 0.15) is 24.0 Å². The molecule has 0 spiro atoms. The number of hydrogen-bond acceptors (Lipinski definition) is 3. The van der Waals surface area contributed by atoms with Gasteiger partial charge in [-0.2, -0.15) is 0 Å². The van der Waals surface area contributed by atoms with Crippen molar-refractivity contribution in [2.45, 2.75) is 37.3 Å². The van der Waals surface area contributed by atoms with Crippen molar-refractivity contribution >= 4 is 11.8 Å². The van der Waals surface area contributed by atoms with Gasteiger partial charge in [0.05, 0.1) is 6.10 Å². The Bertz CT molecular complexity index is 348. The summed E-state index contributed by atoms with van der Waals surface area (Å²) >= 11 is 1.89. The molecule has 16 heavy (non-hydrogen) atoms. The van der Waals surface area contributed by atoms with Gasteiger partial charge in [0.1, 0.15) is 0 Å². The van der Waals surface area contributed by atoms with E-state index in [1.807, 2.05) is 11.8 Å². The van der Waals surface area contributed by atoms with Crippen LogP contribution in [-0.4, -0.2) is 18.5 Å². The lowest BCUT2D eigenvalue weighted by Crippen LogP contribution is -2.09. The van der Waals surface area contributed by atoms with Crippen molar-refractivity contribution < 1.29 is 4.74 Å². The van der Waals surface area contributed by atoms with Gasteiger partial charge < -0.3 is 10.5 Å². The molecule has 1 saturated heterocycles. The minimum absolute atomic E-state index is 0.440. The van der Waals surface area contributed by atoms with E-state index in [9.17, 15) is 0 Å². The number of rotatable bonds is 4. The maximum atomic E-state index is 5.76. The first kappa shape index (κ1) is 12.0. The highest BCUT2D eigenvalue weighted by molar-refractivity contribution is 7.99. The molecule has 1 fully saturated rings. The summed E-state index contributed by atoms with van der Waals surface area (Å²) in [6.45, 7) is 3.70. The van der Waals surface area contributed by atoms with E-state index in [0.717, 1.165) is 12.4 Å². The Kier molecular flexibility index (Phi) is 4.27. The summed E-state index contributed by atoms with van der Waals surface area (Å²) in [5.41, 5.74) is 8.34. The van der Waals surface area contributed by atoms with Crippen molar-refractivity contribution in [3.8, 4) is 0 Å². The molecule has 3 heteroatoms. The zero-order valence-electron chi connectivity index (χ0n) is 9.74. The Balaban J connectivity index is 2.01. The molecule has 0 amide bonds. The van der Waals surface area contributed by atoms with Crippen LogP contribution in [0.25, 0.3) is 0 Å². The van der Waals surface area contributed by atoms with Gasteiger partial charge in [0.15, 0.2) is 0 Å². The highest BCUT2D eigenvalue weighted by Crippen LogP contribution is 2.29. The third-order valence-corrected chi connectivity index (χ3v) is 4.36. The first-order chi connectivity index (χ1) is 7.81. The minimum atomic E-state index is 0.440. The summed E-state index contributed by atoms with van der Waals surface area (Å²) in [5.74, 6) is 1.05. The van der Waals surface area contributed by atoms with Crippen molar-refractivity contribution in [1.82, 2.24) is 0 Å². The summed E-state index contributed by atoms with van der Waals surface area (Å²) < 4.78 is 5.64. The summed E-state index contributed by atoms with van der Waals surface area (Å²) in [6, 6.07) is 6.34. The fourth-order valence-electron chi connectivity index (χ4n) is 2.03. The van der Waals surface area contributed by atoms with E-state index in [4.69, 9.17) is 10.5 Å². The predicted molar refractivity (Wildman–Crippen MR) is 68.8 cm³/mol. The number of benzene rings is 1. The van der Waals surface area contributed by atoms with Crippen molar-refractivity contribution in [2.75, 3.05) is 12.4 Å². The zero-order chi connectivity index (χ0) is 11.4. The molecule has 2 N–H and O–H groups in total. The van der Waals surface area contributed by atoms with Crippen LogP contribution in [0.5, 0.6) is 0 Å². The van der Waals surface area contributed by atoms with Gasteiger partial charge in [-0.05, 0) is 30.9 Å². The standard InChI is InChI=1S/C13H19NOS/c1-10-4-2-5-11(8-14)13(10)16-9-12-6-3-7-15-12/h2,4-5,12H,3,6-9,14H2,1H3. The number of nitrogens with two attached hydrogens (primary N) is 1. The molecule has 1 heterocycles. The molecule has 1 aromatic rings. The molecule has 1 aliphatic rings. The Morgan fingerprint density at radius 2 is 2.38 bits per heavy atom. The Morgan fingerprint density at radius 1 is 1.50 bits per heavy atom. The van der Waals surface area contributed by atoms with Crippen LogP contribution in [0.4, 0.5) is 0 Å². The van der Waals surface area contributed by atoms with E-state index < -0.39 is 0 Å². The Hall–Kier alpha value is -0.510. The van der Waals surface area contributed by atoms with E-state index >= 15 is 0 Å². The largest absolute Gasteiger partial charge is 0.377 e. The summed E-state index contributed by atoms with van der Waals surface area (Å²) in [6.07, 6.45) is 2.86. The van der Waals surface area contributed by atoms with E-state index in [2.05, 4.69) is 25.1 Å². The third kappa shape index (κ3) is 2.78. The van der Waals surface area contributed by atoms with E-state index in [0.29, 0.717) is 12.6 Å². The van der Waals surface area contributed by atoms with Gasteiger partial charge in [-0.25, -0.2) is 0 Å². The summed E-state index contributed by atoms with van der Waals surface area (Å²) in [5, 5.41) is 0. The van der Waals surface area contributed by atoms with Crippen molar-refractivity contribution in [3.63, 3.8) is 0 Å². The Labute approximate surface area is 102 Å². The van der Waals surface area contributed by atoms with E-state index in [-0.39, 0.29) is 0 Å². The van der Waals surface area contributed by atoms with Crippen LogP contribution in [-0.2, 0) is 11.3 Å². The van der Waals surface area contributed by atoms with Crippen LogP contribution in [0.15, 0.2) is 23.1 Å². The highest BCUT2D eigenvalue weighted by atomic mass is 32.2. The number of hydrogen-bond donors (Lipinski definition) is 1. The molecule has 0 aromatic heterocycles. The number of thioether (sulfide) groups is 1. The maximum Gasteiger partial charge on any atom is 0.0669 e. The lowest BCUT2D eigenvalue weighted by molar-refractivity contribution is 0.129. The quantitative estimate of drug-likeness (QED) is 0.818. The smallest absolute Gasteiger partial charge is 0.0669 e. The average Bonchev–Trinajstić information content (AvgIpc) is 2.80. The number of aryl methyl sites for hydroxylation is 1. The normalized spacial score (nSPS) is 20.2. The lowest BCUT2D eigenvalue weighted by atomic mass is 10.1. The maximum absolute atomic E-state index is 5.76. The van der Waals surface area contributed by atoms with Crippen molar-refractivity contribution in [2.24, 2.45) is 5.73 Å². The van der Waals surface area contributed by atoms with E-state index in [1.54, 1.807) is 0 Å². The molecular weight excluding hydrogens is 218 g/mol. The summed E-state index contributed by atoms with van der Waals surface area (Å²) in [4.78, 5) is 1.35. The zero-order valence-corrected chi connectivity index (χ0v) is 10.6. The predicted octanol–water partition coefficient (Wildman–Crippen LogP) is 2.72. The van der Waals surface area contributed by atoms with Crippen molar-refractivity contribution in [3.05, 3.63) is 29.3 Å². The van der Waals surface area contributed by atoms with Gasteiger partial charge in [0, 0.05) is 23.8 Å². The molecular formula is C13H19NOS. The molecule has 1 unspecified atom stereocenters. The van der Waals surface area contributed by atoms with Gasteiger partial charge in [-0.1, -0.05) is 18.2 Å². The molecule has 2 nitrogen and oxygen atoms in total. The highest BCUT2D eigenvalue weighted by Gasteiger charge is 2.16. The van der Waals surface area contributed by atoms with Gasteiger partial charge in [0.25, 0.3) is 0 Å². The fraction of sp³-hybridized carbons (Fsp3) is 0.538. The minimum Gasteiger partial charge on any atom is -0.377 e. The molecule has 1 atom stereocenters. The molecule has 0 saturated carbocycles. The van der Waals surface area contributed by atoms with Crippen LogP contribution in [0.3, 0.4) is 0 Å². The molecule has 0 bridgehead atoms. The van der Waals surface area contributed by atoms with E-state index in [1.165, 1.54) is 28.9 Å². The van der Waals surface area contributed by atoms with Gasteiger partial charge in [0.2, 0.25) is 0 Å². The first-order valence-corrected chi connectivity index (χ1v) is 6.83. The monoisotopic (exact) mass is 237 g/mol. The van der Waals surface area contributed by atoms with Crippen LogP contribution >= 0.6 is 11.8 Å². The lowest BCUT2D eigenvalue weighted by Gasteiger charge is -2.13. The molecule has 1 aliphatic heterocycles. The molecule has 0 aliphatic carbocycles.